The highest BCUT2D eigenvalue weighted by atomic mass is 32.2. The molecule has 0 saturated carbocycles. The molecule has 3 aromatic rings. The number of ether oxygens (including phenoxy) is 4. The molecule has 0 amide bonds. The molecule has 0 aliphatic heterocycles. The molecule has 0 aliphatic rings. The molecule has 0 aliphatic carbocycles. The second-order valence-electron chi connectivity index (χ2n) is 7.61. The predicted octanol–water partition coefficient (Wildman–Crippen LogP) is 4.24. The second kappa shape index (κ2) is 12.0. The minimum atomic E-state index is -3.85. The third kappa shape index (κ3) is 5.95. The number of sulfonamides is 1. The molecule has 34 heavy (non-hydrogen) atoms. The Balaban J connectivity index is 2.22. The van der Waals surface area contributed by atoms with Crippen LogP contribution in [0, 0.1) is 0 Å². The van der Waals surface area contributed by atoms with E-state index in [1.54, 1.807) is 32.4 Å². The van der Waals surface area contributed by atoms with Gasteiger partial charge in [-0.2, -0.15) is 4.31 Å². The van der Waals surface area contributed by atoms with Crippen LogP contribution in [0.4, 0.5) is 0 Å². The van der Waals surface area contributed by atoms with Gasteiger partial charge in [-0.1, -0.05) is 72.8 Å². The lowest BCUT2D eigenvalue weighted by molar-refractivity contribution is -0.110. The van der Waals surface area contributed by atoms with Gasteiger partial charge in [-0.15, -0.1) is 0 Å². The van der Waals surface area contributed by atoms with Gasteiger partial charge in [0, 0.05) is 19.8 Å². The van der Waals surface area contributed by atoms with E-state index in [4.69, 9.17) is 18.9 Å². The Morgan fingerprint density at radius 3 is 1.94 bits per heavy atom. The molecule has 0 N–H and O–H groups in total. The molecule has 0 radical (unpaired) electrons. The Hall–Kier alpha value is -2.91. The van der Waals surface area contributed by atoms with E-state index >= 15 is 0 Å². The maximum atomic E-state index is 14.0. The van der Waals surface area contributed by atoms with Crippen molar-refractivity contribution in [2.24, 2.45) is 0 Å². The molecule has 0 bridgehead atoms. The van der Waals surface area contributed by atoms with Crippen LogP contribution in [0.2, 0.25) is 0 Å². The van der Waals surface area contributed by atoms with Crippen LogP contribution in [0.5, 0.6) is 11.5 Å². The van der Waals surface area contributed by atoms with Crippen molar-refractivity contribution in [3.05, 3.63) is 95.6 Å². The van der Waals surface area contributed by atoms with Gasteiger partial charge < -0.3 is 18.9 Å². The summed E-state index contributed by atoms with van der Waals surface area (Å²) in [7, 11) is 2.21. The van der Waals surface area contributed by atoms with Crippen LogP contribution in [0.25, 0.3) is 0 Å². The summed E-state index contributed by atoms with van der Waals surface area (Å²) < 4.78 is 51.4. The van der Waals surface area contributed by atoms with E-state index in [1.165, 1.54) is 18.5 Å². The minimum Gasteiger partial charge on any atom is -0.493 e. The summed E-state index contributed by atoms with van der Waals surface area (Å²) in [6.07, 6.45) is -0.770. The standard InChI is InChI=1S/C26H31NO6S/c1-30-23-17-11-16-22(26(23)33-4)25(21-14-9-6-10-15-21)27(18-24(31-2)32-3)34(28,29)19-20-12-7-5-8-13-20/h5-17,24-25H,18-19H2,1-4H3. The van der Waals surface area contributed by atoms with E-state index in [0.717, 1.165) is 5.56 Å². The minimum absolute atomic E-state index is 0.0257. The molecule has 8 heteroatoms. The number of methoxy groups -OCH3 is 4. The van der Waals surface area contributed by atoms with Crippen molar-refractivity contribution in [2.75, 3.05) is 35.0 Å². The smallest absolute Gasteiger partial charge is 0.219 e. The van der Waals surface area contributed by atoms with Gasteiger partial charge in [0.05, 0.1) is 32.6 Å². The van der Waals surface area contributed by atoms with Crippen molar-refractivity contribution in [3.63, 3.8) is 0 Å². The van der Waals surface area contributed by atoms with E-state index in [0.29, 0.717) is 22.6 Å². The molecule has 3 aromatic carbocycles. The number of hydrogen-bond acceptors (Lipinski definition) is 6. The largest absolute Gasteiger partial charge is 0.493 e. The summed E-state index contributed by atoms with van der Waals surface area (Å²) in [4.78, 5) is 0. The summed E-state index contributed by atoms with van der Waals surface area (Å²) in [6, 6.07) is 23.2. The van der Waals surface area contributed by atoms with Crippen LogP contribution in [-0.2, 0) is 25.2 Å². The van der Waals surface area contributed by atoms with Crippen molar-refractivity contribution < 1.29 is 27.4 Å². The fourth-order valence-electron chi connectivity index (χ4n) is 3.90. The summed E-state index contributed by atoms with van der Waals surface area (Å²) in [5.74, 6) is 0.797. The highest BCUT2D eigenvalue weighted by Crippen LogP contribution is 2.41. The van der Waals surface area contributed by atoms with Crippen LogP contribution in [-0.4, -0.2) is 54.0 Å². The average Bonchev–Trinajstić information content (AvgIpc) is 2.87. The fraction of sp³-hybridized carbons (Fsp3) is 0.308. The van der Waals surface area contributed by atoms with Gasteiger partial charge in [-0.05, 0) is 17.2 Å². The van der Waals surface area contributed by atoms with E-state index in [1.807, 2.05) is 60.7 Å². The molecule has 0 fully saturated rings. The van der Waals surface area contributed by atoms with Gasteiger partial charge in [0.1, 0.15) is 0 Å². The molecule has 0 spiro atoms. The van der Waals surface area contributed by atoms with Crippen molar-refractivity contribution in [2.45, 2.75) is 18.1 Å². The highest BCUT2D eigenvalue weighted by molar-refractivity contribution is 7.88. The Morgan fingerprint density at radius 2 is 1.38 bits per heavy atom. The van der Waals surface area contributed by atoms with Gasteiger partial charge in [0.25, 0.3) is 0 Å². The first-order valence-electron chi connectivity index (χ1n) is 10.8. The molecule has 1 unspecified atom stereocenters. The molecule has 1 atom stereocenters. The molecule has 0 aromatic heterocycles. The summed E-state index contributed by atoms with van der Waals surface area (Å²) in [6.45, 7) is -0.0257. The van der Waals surface area contributed by atoms with Crippen LogP contribution in [0.1, 0.15) is 22.7 Å². The number of benzene rings is 3. The lowest BCUT2D eigenvalue weighted by Gasteiger charge is -2.34. The van der Waals surface area contributed by atoms with Crippen molar-refractivity contribution in [3.8, 4) is 11.5 Å². The predicted molar refractivity (Wildman–Crippen MR) is 131 cm³/mol. The van der Waals surface area contributed by atoms with Gasteiger partial charge in [-0.25, -0.2) is 8.42 Å². The monoisotopic (exact) mass is 485 g/mol. The lowest BCUT2D eigenvalue weighted by atomic mass is 9.97. The first-order valence-corrected chi connectivity index (χ1v) is 12.4. The number of para-hydroxylation sites is 1. The number of hydrogen-bond donors (Lipinski definition) is 0. The normalized spacial score (nSPS) is 12.6. The van der Waals surface area contributed by atoms with Gasteiger partial charge in [0.2, 0.25) is 10.0 Å². The Morgan fingerprint density at radius 1 is 0.765 bits per heavy atom. The van der Waals surface area contributed by atoms with Gasteiger partial charge in [-0.3, -0.25) is 0 Å². The maximum absolute atomic E-state index is 14.0. The quantitative estimate of drug-likeness (QED) is 0.357. The average molecular weight is 486 g/mol. The van der Waals surface area contributed by atoms with Crippen LogP contribution in [0.3, 0.4) is 0 Å². The van der Waals surface area contributed by atoms with E-state index in [-0.39, 0.29) is 12.3 Å². The number of rotatable bonds is 12. The highest BCUT2D eigenvalue weighted by Gasteiger charge is 2.36. The Kier molecular flexibility index (Phi) is 9.06. The Labute approximate surface area is 201 Å². The Bertz CT molecular complexity index is 1130. The van der Waals surface area contributed by atoms with Gasteiger partial charge >= 0.3 is 0 Å². The van der Waals surface area contributed by atoms with Crippen LogP contribution < -0.4 is 9.47 Å². The molecular weight excluding hydrogens is 454 g/mol. The van der Waals surface area contributed by atoms with E-state index in [2.05, 4.69) is 0 Å². The first-order chi connectivity index (χ1) is 16.4. The topological polar surface area (TPSA) is 74.3 Å². The zero-order chi connectivity index (χ0) is 24.6. The summed E-state index contributed by atoms with van der Waals surface area (Å²) >= 11 is 0. The second-order valence-corrected chi connectivity index (χ2v) is 9.53. The summed E-state index contributed by atoms with van der Waals surface area (Å²) in [5, 5.41) is 0. The molecular formula is C26H31NO6S. The van der Waals surface area contributed by atoms with Crippen LogP contribution in [0.15, 0.2) is 78.9 Å². The SMILES string of the molecule is COc1cccc(C(c2ccccc2)N(CC(OC)OC)S(=O)(=O)Cc2ccccc2)c1OC. The summed E-state index contributed by atoms with van der Waals surface area (Å²) in [5.41, 5.74) is 2.11. The maximum Gasteiger partial charge on any atom is 0.219 e. The van der Waals surface area contributed by atoms with Crippen molar-refractivity contribution in [1.29, 1.82) is 0 Å². The fourth-order valence-corrected chi connectivity index (χ4v) is 5.59. The molecule has 0 saturated heterocycles. The zero-order valence-electron chi connectivity index (χ0n) is 19.9. The van der Waals surface area contributed by atoms with E-state index in [9.17, 15) is 8.42 Å². The molecule has 182 valence electrons. The molecule has 0 heterocycles. The lowest BCUT2D eigenvalue weighted by Crippen LogP contribution is -2.42. The number of nitrogens with zero attached hydrogens (tertiary/aromatic N) is 1. The third-order valence-corrected chi connectivity index (χ3v) is 7.31. The third-order valence-electron chi connectivity index (χ3n) is 5.54. The van der Waals surface area contributed by atoms with Gasteiger partial charge in [0.15, 0.2) is 17.8 Å². The molecule has 3 rings (SSSR count). The van der Waals surface area contributed by atoms with Crippen LogP contribution >= 0.6 is 0 Å². The molecule has 7 nitrogen and oxygen atoms in total. The zero-order valence-corrected chi connectivity index (χ0v) is 20.7. The van der Waals surface area contributed by atoms with Crippen molar-refractivity contribution in [1.82, 2.24) is 4.31 Å². The van der Waals surface area contributed by atoms with Crippen molar-refractivity contribution >= 4 is 10.0 Å². The first kappa shape index (κ1) is 25.7. The van der Waals surface area contributed by atoms with E-state index < -0.39 is 22.4 Å².